The van der Waals surface area contributed by atoms with Crippen LogP contribution in [0.4, 0.5) is 0 Å². The molecule has 0 atom stereocenters. The van der Waals surface area contributed by atoms with Crippen molar-refractivity contribution in [1.29, 1.82) is 0 Å². The number of rotatable bonds is 0. The molecule has 0 saturated carbocycles. The van der Waals surface area contributed by atoms with Gasteiger partial charge in [-0.15, -0.1) is 0 Å². The van der Waals surface area contributed by atoms with Crippen LogP contribution in [-0.2, 0) is 0 Å². The smallest absolute Gasteiger partial charge is 0.159 e. The van der Waals surface area contributed by atoms with E-state index >= 15 is 0 Å². The first kappa shape index (κ1) is 7.32. The van der Waals surface area contributed by atoms with Crippen LogP contribution in [0.3, 0.4) is 0 Å². The van der Waals surface area contributed by atoms with Gasteiger partial charge in [-0.1, -0.05) is 0 Å². The molecular formula is C10H6N4. The molecule has 0 radical (unpaired) electrons. The Hall–Kier alpha value is -2.10. The lowest BCUT2D eigenvalue weighted by Gasteiger charge is -1.97. The SMILES string of the molecule is c1cnc2nc3cncnc3cc2c1. The molecule has 3 aromatic rings. The van der Waals surface area contributed by atoms with Crippen molar-refractivity contribution in [3.8, 4) is 0 Å². The Morgan fingerprint density at radius 2 is 2.07 bits per heavy atom. The Balaban J connectivity index is 2.52. The van der Waals surface area contributed by atoms with Crippen LogP contribution in [0.25, 0.3) is 22.1 Å². The van der Waals surface area contributed by atoms with E-state index < -0.39 is 0 Å². The van der Waals surface area contributed by atoms with Gasteiger partial charge in [0, 0.05) is 11.6 Å². The third kappa shape index (κ3) is 1.01. The zero-order chi connectivity index (χ0) is 9.38. The van der Waals surface area contributed by atoms with Crippen LogP contribution >= 0.6 is 0 Å². The van der Waals surface area contributed by atoms with Gasteiger partial charge >= 0.3 is 0 Å². The van der Waals surface area contributed by atoms with Crippen molar-refractivity contribution in [2.45, 2.75) is 0 Å². The van der Waals surface area contributed by atoms with E-state index in [-0.39, 0.29) is 0 Å². The Bertz CT molecular complexity index is 501. The summed E-state index contributed by atoms with van der Waals surface area (Å²) in [6, 6.07) is 5.82. The molecule has 0 fully saturated rings. The van der Waals surface area contributed by atoms with E-state index in [0.29, 0.717) is 0 Å². The van der Waals surface area contributed by atoms with E-state index in [1.807, 2.05) is 18.2 Å². The molecule has 0 N–H and O–H groups in total. The fourth-order valence-corrected chi connectivity index (χ4v) is 1.41. The molecular weight excluding hydrogens is 176 g/mol. The second-order valence-corrected chi connectivity index (χ2v) is 2.97. The van der Waals surface area contributed by atoms with Gasteiger partial charge in [-0.2, -0.15) is 0 Å². The van der Waals surface area contributed by atoms with Gasteiger partial charge in [0.1, 0.15) is 11.8 Å². The molecule has 0 saturated heterocycles. The lowest BCUT2D eigenvalue weighted by Crippen LogP contribution is -1.87. The van der Waals surface area contributed by atoms with Gasteiger partial charge in [0.2, 0.25) is 0 Å². The van der Waals surface area contributed by atoms with Gasteiger partial charge in [-0.05, 0) is 18.2 Å². The minimum absolute atomic E-state index is 0.731. The maximum Gasteiger partial charge on any atom is 0.159 e. The molecule has 3 rings (SSSR count). The normalized spacial score (nSPS) is 10.9. The highest BCUT2D eigenvalue weighted by Crippen LogP contribution is 2.14. The van der Waals surface area contributed by atoms with Crippen LogP contribution < -0.4 is 0 Å². The van der Waals surface area contributed by atoms with Crippen molar-refractivity contribution in [3.63, 3.8) is 0 Å². The first-order chi connectivity index (χ1) is 6.93. The van der Waals surface area contributed by atoms with Gasteiger partial charge in [0.05, 0.1) is 11.7 Å². The average Bonchev–Trinajstić information content (AvgIpc) is 2.26. The third-order valence-corrected chi connectivity index (χ3v) is 2.06. The largest absolute Gasteiger partial charge is 0.243 e. The van der Waals surface area contributed by atoms with Gasteiger partial charge in [0.15, 0.2) is 5.65 Å². The molecule has 0 amide bonds. The molecule has 0 aliphatic rings. The van der Waals surface area contributed by atoms with E-state index in [0.717, 1.165) is 22.1 Å². The Labute approximate surface area is 79.7 Å². The predicted molar refractivity (Wildman–Crippen MR) is 52.6 cm³/mol. The maximum atomic E-state index is 4.34. The molecule has 0 unspecified atom stereocenters. The van der Waals surface area contributed by atoms with Gasteiger partial charge < -0.3 is 0 Å². The number of hydrogen-bond acceptors (Lipinski definition) is 4. The topological polar surface area (TPSA) is 51.6 Å². The number of pyridine rings is 2. The van der Waals surface area contributed by atoms with E-state index in [9.17, 15) is 0 Å². The average molecular weight is 182 g/mol. The highest BCUT2D eigenvalue weighted by molar-refractivity contribution is 5.87. The molecule has 4 heteroatoms. The molecule has 14 heavy (non-hydrogen) atoms. The van der Waals surface area contributed by atoms with Crippen LogP contribution in [0.2, 0.25) is 0 Å². The summed E-state index contributed by atoms with van der Waals surface area (Å²) in [5.41, 5.74) is 2.36. The van der Waals surface area contributed by atoms with Crippen molar-refractivity contribution < 1.29 is 0 Å². The highest BCUT2D eigenvalue weighted by atomic mass is 14.9. The summed E-state index contributed by atoms with van der Waals surface area (Å²) in [7, 11) is 0. The van der Waals surface area contributed by atoms with Crippen molar-refractivity contribution in [1.82, 2.24) is 19.9 Å². The first-order valence-corrected chi connectivity index (χ1v) is 4.25. The monoisotopic (exact) mass is 182 g/mol. The second-order valence-electron chi connectivity index (χ2n) is 2.97. The zero-order valence-electron chi connectivity index (χ0n) is 7.25. The van der Waals surface area contributed by atoms with Crippen LogP contribution in [0.15, 0.2) is 36.9 Å². The fourth-order valence-electron chi connectivity index (χ4n) is 1.41. The van der Waals surface area contributed by atoms with Crippen molar-refractivity contribution in [2.24, 2.45) is 0 Å². The molecule has 3 heterocycles. The molecule has 0 aromatic carbocycles. The summed E-state index contributed by atoms with van der Waals surface area (Å²) >= 11 is 0. The third-order valence-electron chi connectivity index (χ3n) is 2.06. The Morgan fingerprint density at radius 3 is 3.07 bits per heavy atom. The summed E-state index contributed by atoms with van der Waals surface area (Å²) in [5, 5.41) is 0.999. The highest BCUT2D eigenvalue weighted by Gasteiger charge is 1.99. The fraction of sp³-hybridized carbons (Fsp3) is 0. The number of aromatic nitrogens is 4. The van der Waals surface area contributed by atoms with Crippen LogP contribution in [0, 0.1) is 0 Å². The Kier molecular flexibility index (Phi) is 1.41. The minimum Gasteiger partial charge on any atom is -0.243 e. The lowest BCUT2D eigenvalue weighted by molar-refractivity contribution is 1.20. The summed E-state index contributed by atoms with van der Waals surface area (Å²) < 4.78 is 0. The van der Waals surface area contributed by atoms with Gasteiger partial charge in [0.25, 0.3) is 0 Å². The van der Waals surface area contributed by atoms with Gasteiger partial charge in [-0.3, -0.25) is 0 Å². The summed E-state index contributed by atoms with van der Waals surface area (Å²) in [6.07, 6.45) is 4.94. The number of fused-ring (bicyclic) bond motifs is 2. The molecule has 0 bridgehead atoms. The molecule has 66 valence electrons. The van der Waals surface area contributed by atoms with Crippen LogP contribution in [0.5, 0.6) is 0 Å². The number of nitrogens with zero attached hydrogens (tertiary/aromatic N) is 4. The number of hydrogen-bond donors (Lipinski definition) is 0. The van der Waals surface area contributed by atoms with Crippen LogP contribution in [-0.4, -0.2) is 19.9 Å². The van der Waals surface area contributed by atoms with Crippen LogP contribution in [0.1, 0.15) is 0 Å². The molecule has 0 spiro atoms. The molecule has 0 aliphatic heterocycles. The predicted octanol–water partition coefficient (Wildman–Crippen LogP) is 1.57. The van der Waals surface area contributed by atoms with Crippen molar-refractivity contribution >= 4 is 22.1 Å². The second kappa shape index (κ2) is 2.70. The summed E-state index contributed by atoms with van der Waals surface area (Å²) in [6.45, 7) is 0. The molecule has 0 aliphatic carbocycles. The van der Waals surface area contributed by atoms with Gasteiger partial charge in [-0.25, -0.2) is 19.9 Å². The lowest BCUT2D eigenvalue weighted by atomic mass is 10.2. The Morgan fingerprint density at radius 1 is 1.07 bits per heavy atom. The van der Waals surface area contributed by atoms with E-state index in [4.69, 9.17) is 0 Å². The van der Waals surface area contributed by atoms with E-state index in [2.05, 4.69) is 19.9 Å². The van der Waals surface area contributed by atoms with Crippen molar-refractivity contribution in [2.75, 3.05) is 0 Å². The maximum absolute atomic E-state index is 4.34. The summed E-state index contributed by atoms with van der Waals surface area (Å²) in [4.78, 5) is 16.6. The first-order valence-electron chi connectivity index (χ1n) is 4.25. The molecule has 4 nitrogen and oxygen atoms in total. The summed E-state index contributed by atoms with van der Waals surface area (Å²) in [5.74, 6) is 0. The molecule has 3 aromatic heterocycles. The van der Waals surface area contributed by atoms with Crippen molar-refractivity contribution in [3.05, 3.63) is 36.9 Å². The quantitative estimate of drug-likeness (QED) is 0.495. The van der Waals surface area contributed by atoms with E-state index in [1.165, 1.54) is 6.33 Å². The standard InChI is InChI=1S/C10H6N4/c1-2-7-4-8-9(5-11-6-13-8)14-10(7)12-3-1/h1-6H. The van der Waals surface area contributed by atoms with E-state index in [1.54, 1.807) is 12.4 Å². The minimum atomic E-state index is 0.731. The zero-order valence-corrected chi connectivity index (χ0v) is 7.25.